The second-order valence-corrected chi connectivity index (χ2v) is 4.43. The minimum atomic E-state index is -4.35. The summed E-state index contributed by atoms with van der Waals surface area (Å²) in [4.78, 5) is 0. The molecule has 1 saturated carbocycles. The molecule has 1 heterocycles. The number of halogens is 3. The topological polar surface area (TPSA) is 47.3 Å². The lowest BCUT2D eigenvalue weighted by atomic mass is 10.3. The Kier molecular flexibility index (Phi) is 3.91. The van der Waals surface area contributed by atoms with Crippen molar-refractivity contribution in [3.8, 4) is 0 Å². The highest BCUT2D eigenvalue weighted by Gasteiger charge is 2.37. The molecule has 0 amide bonds. The minimum absolute atomic E-state index is 0.225. The summed E-state index contributed by atoms with van der Waals surface area (Å²) in [6.45, 7) is 1.31. The van der Waals surface area contributed by atoms with Crippen molar-refractivity contribution in [1.82, 2.24) is 10.5 Å². The van der Waals surface area contributed by atoms with Gasteiger partial charge in [-0.15, -0.1) is 0 Å². The van der Waals surface area contributed by atoms with E-state index in [0.29, 0.717) is 24.0 Å². The molecule has 7 heteroatoms. The van der Waals surface area contributed by atoms with Gasteiger partial charge in [0, 0.05) is 18.7 Å². The predicted molar refractivity (Wildman–Crippen MR) is 56.7 cm³/mol. The Labute approximate surface area is 102 Å². The second kappa shape index (κ2) is 5.27. The molecule has 18 heavy (non-hydrogen) atoms. The largest absolute Gasteiger partial charge is 0.414 e. The van der Waals surface area contributed by atoms with Gasteiger partial charge < -0.3 is 14.6 Å². The van der Waals surface area contributed by atoms with Crippen molar-refractivity contribution in [2.24, 2.45) is 0 Å². The van der Waals surface area contributed by atoms with Crippen LogP contribution in [0, 0.1) is 0 Å². The van der Waals surface area contributed by atoms with E-state index in [1.807, 2.05) is 0 Å². The fourth-order valence-electron chi connectivity index (χ4n) is 1.35. The number of nitrogens with one attached hydrogen (secondary N) is 1. The van der Waals surface area contributed by atoms with Crippen molar-refractivity contribution in [2.75, 3.05) is 0 Å². The first-order valence-electron chi connectivity index (χ1n) is 5.81. The molecule has 0 aliphatic heterocycles. The van der Waals surface area contributed by atoms with E-state index < -0.39 is 12.3 Å². The van der Waals surface area contributed by atoms with Crippen LogP contribution in [0.4, 0.5) is 13.2 Å². The minimum Gasteiger partial charge on any atom is -0.361 e. The van der Waals surface area contributed by atoms with Crippen LogP contribution in [0.1, 0.15) is 31.2 Å². The van der Waals surface area contributed by atoms with E-state index in [9.17, 15) is 13.2 Å². The number of nitrogens with zero attached hydrogens (tertiary/aromatic N) is 1. The second-order valence-electron chi connectivity index (χ2n) is 4.43. The summed E-state index contributed by atoms with van der Waals surface area (Å²) < 4.78 is 46.1. The summed E-state index contributed by atoms with van der Waals surface area (Å²) in [5.41, 5.74) is 0.681. The quantitative estimate of drug-likeness (QED) is 0.857. The summed E-state index contributed by atoms with van der Waals surface area (Å²) in [6, 6.07) is 2.16. The molecule has 0 radical (unpaired) electrons. The number of rotatable bonds is 6. The molecule has 1 aromatic rings. The monoisotopic (exact) mass is 264 g/mol. The first-order valence-corrected chi connectivity index (χ1v) is 5.81. The number of hydrogen-bond acceptors (Lipinski definition) is 4. The van der Waals surface area contributed by atoms with Gasteiger partial charge in [-0.25, -0.2) is 0 Å². The zero-order chi connectivity index (χ0) is 13.2. The Morgan fingerprint density at radius 3 is 2.89 bits per heavy atom. The molecular formula is C11H15F3N2O2. The predicted octanol–water partition coefficient (Wildman–Crippen LogP) is 2.39. The molecule has 0 aromatic carbocycles. The van der Waals surface area contributed by atoms with E-state index in [1.54, 1.807) is 6.07 Å². The lowest BCUT2D eigenvalue weighted by Crippen LogP contribution is -2.28. The van der Waals surface area contributed by atoms with E-state index in [0.717, 1.165) is 19.8 Å². The Hall–Kier alpha value is -1.08. The van der Waals surface area contributed by atoms with Crippen LogP contribution in [0.3, 0.4) is 0 Å². The molecule has 1 N–H and O–H groups in total. The molecule has 1 aliphatic carbocycles. The highest BCUT2D eigenvalue weighted by Crippen LogP contribution is 2.23. The van der Waals surface area contributed by atoms with Crippen LogP contribution in [0.15, 0.2) is 10.6 Å². The third-order valence-electron chi connectivity index (χ3n) is 2.69. The highest BCUT2D eigenvalue weighted by molar-refractivity contribution is 5.05. The van der Waals surface area contributed by atoms with E-state index in [1.165, 1.54) is 0 Å². The van der Waals surface area contributed by atoms with E-state index in [2.05, 4.69) is 15.2 Å². The molecule has 102 valence electrons. The molecule has 0 bridgehead atoms. The van der Waals surface area contributed by atoms with Gasteiger partial charge >= 0.3 is 6.18 Å². The first kappa shape index (κ1) is 13.4. The van der Waals surface area contributed by atoms with Crippen molar-refractivity contribution in [3.63, 3.8) is 0 Å². The average molecular weight is 264 g/mol. The van der Waals surface area contributed by atoms with Crippen molar-refractivity contribution < 1.29 is 22.4 Å². The number of aromatic nitrogens is 1. The molecule has 4 nitrogen and oxygen atoms in total. The summed E-state index contributed by atoms with van der Waals surface area (Å²) >= 11 is 0. The number of hydrogen-bond donors (Lipinski definition) is 1. The smallest absolute Gasteiger partial charge is 0.361 e. The zero-order valence-electron chi connectivity index (χ0n) is 9.96. The lowest BCUT2D eigenvalue weighted by Gasteiger charge is -2.14. The van der Waals surface area contributed by atoms with E-state index >= 15 is 0 Å². The molecule has 0 spiro atoms. The van der Waals surface area contributed by atoms with Gasteiger partial charge in [-0.1, -0.05) is 5.16 Å². The van der Waals surface area contributed by atoms with Crippen LogP contribution >= 0.6 is 0 Å². The van der Waals surface area contributed by atoms with Gasteiger partial charge in [-0.05, 0) is 19.8 Å². The number of alkyl halides is 3. The standard InChI is InChI=1S/C11H15F3N2O2/c1-7(11(12,13)14)17-6-10-4-9(16-18-10)5-15-8-2-3-8/h4,7-8,15H,2-3,5-6H2,1H3. The Balaban J connectivity index is 1.75. The van der Waals surface area contributed by atoms with E-state index in [4.69, 9.17) is 4.52 Å². The molecule has 1 unspecified atom stereocenters. The third-order valence-corrected chi connectivity index (χ3v) is 2.69. The van der Waals surface area contributed by atoms with Gasteiger partial charge in [-0.3, -0.25) is 0 Å². The summed E-state index contributed by atoms with van der Waals surface area (Å²) in [5.74, 6) is 0.304. The Bertz CT molecular complexity index is 388. The summed E-state index contributed by atoms with van der Waals surface area (Å²) in [5, 5.41) is 6.99. The van der Waals surface area contributed by atoms with Crippen molar-refractivity contribution >= 4 is 0 Å². The molecule has 1 atom stereocenters. The lowest BCUT2D eigenvalue weighted by molar-refractivity contribution is -0.218. The van der Waals surface area contributed by atoms with Gasteiger partial charge in [0.2, 0.25) is 0 Å². The number of ether oxygens (including phenoxy) is 1. The van der Waals surface area contributed by atoms with Gasteiger partial charge in [0.05, 0.1) is 5.69 Å². The van der Waals surface area contributed by atoms with Crippen LogP contribution in [-0.2, 0) is 17.9 Å². The highest BCUT2D eigenvalue weighted by atomic mass is 19.4. The average Bonchev–Trinajstić information content (AvgIpc) is 3.01. The van der Waals surface area contributed by atoms with Gasteiger partial charge in [0.15, 0.2) is 11.9 Å². The van der Waals surface area contributed by atoms with Gasteiger partial charge in [0.1, 0.15) is 6.61 Å². The van der Waals surface area contributed by atoms with E-state index in [-0.39, 0.29) is 6.61 Å². The maximum Gasteiger partial charge on any atom is 0.414 e. The molecule has 1 aromatic heterocycles. The summed E-state index contributed by atoms with van der Waals surface area (Å²) in [6.07, 6.45) is -3.83. The summed E-state index contributed by atoms with van der Waals surface area (Å²) in [7, 11) is 0. The molecule has 2 rings (SSSR count). The Morgan fingerprint density at radius 1 is 1.56 bits per heavy atom. The van der Waals surface area contributed by atoms with Crippen LogP contribution < -0.4 is 5.32 Å². The van der Waals surface area contributed by atoms with Crippen LogP contribution in [-0.4, -0.2) is 23.5 Å². The third kappa shape index (κ3) is 3.99. The van der Waals surface area contributed by atoms with Gasteiger partial charge in [0.25, 0.3) is 0 Å². The van der Waals surface area contributed by atoms with Crippen LogP contribution in [0.25, 0.3) is 0 Å². The molecule has 0 saturated heterocycles. The van der Waals surface area contributed by atoms with Crippen LogP contribution in [0.5, 0.6) is 0 Å². The zero-order valence-corrected chi connectivity index (χ0v) is 9.96. The maximum absolute atomic E-state index is 12.2. The van der Waals surface area contributed by atoms with Crippen molar-refractivity contribution in [3.05, 3.63) is 17.5 Å². The van der Waals surface area contributed by atoms with Gasteiger partial charge in [-0.2, -0.15) is 13.2 Å². The molecule has 1 fully saturated rings. The van der Waals surface area contributed by atoms with Crippen molar-refractivity contribution in [2.45, 2.75) is 51.2 Å². The maximum atomic E-state index is 12.2. The normalized spacial score (nSPS) is 18.0. The SMILES string of the molecule is CC(OCc1cc(CNC2CC2)no1)C(F)(F)F. The molecular weight excluding hydrogens is 249 g/mol. The first-order chi connectivity index (χ1) is 8.45. The fraction of sp³-hybridized carbons (Fsp3) is 0.727. The molecule has 1 aliphatic rings. The Morgan fingerprint density at radius 2 is 2.28 bits per heavy atom. The van der Waals surface area contributed by atoms with Crippen molar-refractivity contribution in [1.29, 1.82) is 0 Å². The van der Waals surface area contributed by atoms with Crippen LogP contribution in [0.2, 0.25) is 0 Å². The fourth-order valence-corrected chi connectivity index (χ4v) is 1.35.